The van der Waals surface area contributed by atoms with Gasteiger partial charge >= 0.3 is 0 Å². The fourth-order valence-corrected chi connectivity index (χ4v) is 4.30. The first kappa shape index (κ1) is 24.5. The second-order valence-electron chi connectivity index (χ2n) is 8.43. The zero-order valence-corrected chi connectivity index (χ0v) is 20.3. The van der Waals surface area contributed by atoms with E-state index in [4.69, 9.17) is 16.3 Å². The van der Waals surface area contributed by atoms with Gasteiger partial charge in [-0.2, -0.15) is 0 Å². The van der Waals surface area contributed by atoms with E-state index in [1.165, 1.54) is 4.90 Å². The van der Waals surface area contributed by atoms with Crippen molar-refractivity contribution in [2.24, 2.45) is 0 Å². The first-order valence-corrected chi connectivity index (χ1v) is 12.1. The zero-order valence-electron chi connectivity index (χ0n) is 19.6. The molecular weight excluding hydrogens is 466 g/mol. The summed E-state index contributed by atoms with van der Waals surface area (Å²) in [5.41, 5.74) is 1.19. The maximum Gasteiger partial charge on any atom is 0.295 e. The van der Waals surface area contributed by atoms with Crippen LogP contribution in [0.25, 0.3) is 5.76 Å². The number of imidazole rings is 1. The van der Waals surface area contributed by atoms with Crippen molar-refractivity contribution in [3.8, 4) is 5.75 Å². The van der Waals surface area contributed by atoms with Crippen LogP contribution < -0.4 is 4.74 Å². The van der Waals surface area contributed by atoms with Gasteiger partial charge in [-0.1, -0.05) is 37.1 Å². The predicted molar refractivity (Wildman–Crippen MR) is 134 cm³/mol. The molecule has 1 fully saturated rings. The van der Waals surface area contributed by atoms with Crippen LogP contribution in [0.3, 0.4) is 0 Å². The number of aliphatic hydroxyl groups excluding tert-OH is 1. The highest BCUT2D eigenvalue weighted by molar-refractivity contribution is 6.46. The first-order valence-electron chi connectivity index (χ1n) is 11.7. The molecule has 0 bridgehead atoms. The SMILES string of the molecule is CCCCOc1cccc(C2C(=C(O)c3ccc(Cl)cc3)C(=O)C(=O)N2CCCn2ccnc2)c1. The van der Waals surface area contributed by atoms with E-state index >= 15 is 0 Å². The summed E-state index contributed by atoms with van der Waals surface area (Å²) in [6.45, 7) is 3.66. The molecule has 2 aromatic carbocycles. The molecule has 182 valence electrons. The van der Waals surface area contributed by atoms with Crippen LogP contribution >= 0.6 is 11.6 Å². The number of carbonyl (C=O) groups is 2. The van der Waals surface area contributed by atoms with Crippen LogP contribution in [0, 0.1) is 0 Å². The van der Waals surface area contributed by atoms with Gasteiger partial charge in [-0.25, -0.2) is 4.98 Å². The summed E-state index contributed by atoms with van der Waals surface area (Å²) in [4.78, 5) is 31.9. The van der Waals surface area contributed by atoms with Gasteiger partial charge in [0, 0.05) is 36.1 Å². The van der Waals surface area contributed by atoms with Gasteiger partial charge in [-0.05, 0) is 54.8 Å². The predicted octanol–water partition coefficient (Wildman–Crippen LogP) is 5.23. The number of ketones is 1. The van der Waals surface area contributed by atoms with Gasteiger partial charge in [0.2, 0.25) is 0 Å². The highest BCUT2D eigenvalue weighted by atomic mass is 35.5. The Bertz CT molecular complexity index is 1210. The topological polar surface area (TPSA) is 84.7 Å². The van der Waals surface area contributed by atoms with Crippen molar-refractivity contribution in [2.75, 3.05) is 13.2 Å². The summed E-state index contributed by atoms with van der Waals surface area (Å²) >= 11 is 6.00. The summed E-state index contributed by atoms with van der Waals surface area (Å²) in [6, 6.07) is 13.2. The lowest BCUT2D eigenvalue weighted by Gasteiger charge is -2.26. The number of nitrogens with zero attached hydrogens (tertiary/aromatic N) is 3. The molecule has 8 heteroatoms. The summed E-state index contributed by atoms with van der Waals surface area (Å²) in [5, 5.41) is 11.7. The maximum absolute atomic E-state index is 13.2. The summed E-state index contributed by atoms with van der Waals surface area (Å²) in [5.74, 6) is -0.901. The van der Waals surface area contributed by atoms with Crippen molar-refractivity contribution in [3.05, 3.63) is 89.0 Å². The number of ether oxygens (including phenoxy) is 1. The minimum Gasteiger partial charge on any atom is -0.507 e. The van der Waals surface area contributed by atoms with E-state index in [1.54, 1.807) is 36.8 Å². The van der Waals surface area contributed by atoms with Gasteiger partial charge in [0.1, 0.15) is 11.5 Å². The highest BCUT2D eigenvalue weighted by Crippen LogP contribution is 2.40. The van der Waals surface area contributed by atoms with Crippen LogP contribution in [0.1, 0.15) is 43.4 Å². The molecule has 0 spiro atoms. The quantitative estimate of drug-likeness (QED) is 0.181. The molecule has 4 rings (SSSR count). The molecule has 1 amide bonds. The van der Waals surface area contributed by atoms with Crippen LogP contribution in [0.4, 0.5) is 0 Å². The standard InChI is InChI=1S/C27H28ClN3O4/c1-2-3-16-35-22-7-4-6-20(17-22)24-23(25(32)19-8-10-21(28)11-9-19)26(33)27(34)31(24)14-5-13-30-15-12-29-18-30/h4,6-12,15,17-18,24,32H,2-3,5,13-14,16H2,1H3. The van der Waals surface area contributed by atoms with Gasteiger partial charge in [-0.15, -0.1) is 0 Å². The zero-order chi connectivity index (χ0) is 24.8. The number of hydrogen-bond acceptors (Lipinski definition) is 5. The third-order valence-corrected chi connectivity index (χ3v) is 6.22. The highest BCUT2D eigenvalue weighted by Gasteiger charge is 2.45. The lowest BCUT2D eigenvalue weighted by molar-refractivity contribution is -0.139. The molecule has 1 aromatic heterocycles. The molecular formula is C27H28ClN3O4. The minimum atomic E-state index is -0.733. The van der Waals surface area contributed by atoms with E-state index in [0.29, 0.717) is 48.0 Å². The largest absolute Gasteiger partial charge is 0.507 e. The van der Waals surface area contributed by atoms with Crippen LogP contribution in [-0.2, 0) is 16.1 Å². The second kappa shape index (κ2) is 11.2. The van der Waals surface area contributed by atoms with Crippen molar-refractivity contribution < 1.29 is 19.4 Å². The van der Waals surface area contributed by atoms with E-state index in [2.05, 4.69) is 11.9 Å². The number of aryl methyl sites for hydroxylation is 1. The van der Waals surface area contributed by atoms with Gasteiger partial charge in [-0.3, -0.25) is 9.59 Å². The van der Waals surface area contributed by atoms with E-state index in [9.17, 15) is 14.7 Å². The number of aromatic nitrogens is 2. The molecule has 1 saturated heterocycles. The molecule has 1 aliphatic rings. The van der Waals surface area contributed by atoms with Crippen molar-refractivity contribution >= 4 is 29.1 Å². The Balaban J connectivity index is 1.71. The number of carbonyl (C=O) groups excluding carboxylic acids is 2. The second-order valence-corrected chi connectivity index (χ2v) is 8.86. The number of benzene rings is 2. The molecule has 1 unspecified atom stereocenters. The van der Waals surface area contributed by atoms with Gasteiger partial charge in [0.15, 0.2) is 0 Å². The lowest BCUT2D eigenvalue weighted by Crippen LogP contribution is -2.31. The number of hydrogen-bond donors (Lipinski definition) is 1. The van der Waals surface area contributed by atoms with Crippen molar-refractivity contribution in [2.45, 2.75) is 38.8 Å². The van der Waals surface area contributed by atoms with E-state index < -0.39 is 17.7 Å². The molecule has 0 aliphatic carbocycles. The number of halogens is 1. The molecule has 1 atom stereocenters. The number of Topliss-reactive ketones (excluding diaryl/α,β-unsaturated/α-hetero) is 1. The van der Waals surface area contributed by atoms with Crippen molar-refractivity contribution in [1.29, 1.82) is 0 Å². The molecule has 2 heterocycles. The summed E-state index contributed by atoms with van der Waals surface area (Å²) < 4.78 is 7.79. The molecule has 0 saturated carbocycles. The van der Waals surface area contributed by atoms with Gasteiger partial charge in [0.25, 0.3) is 11.7 Å². The molecule has 7 nitrogen and oxygen atoms in total. The van der Waals surface area contributed by atoms with Crippen LogP contribution in [-0.4, -0.2) is 44.4 Å². The third kappa shape index (κ3) is 5.57. The smallest absolute Gasteiger partial charge is 0.295 e. The van der Waals surface area contributed by atoms with Gasteiger partial charge < -0.3 is 19.3 Å². The van der Waals surface area contributed by atoms with E-state index in [0.717, 1.165) is 12.8 Å². The Labute approximate surface area is 209 Å². The van der Waals surface area contributed by atoms with E-state index in [1.807, 2.05) is 35.0 Å². The maximum atomic E-state index is 13.2. The fraction of sp³-hybridized carbons (Fsp3) is 0.296. The molecule has 0 radical (unpaired) electrons. The fourth-order valence-electron chi connectivity index (χ4n) is 4.17. The number of amides is 1. The monoisotopic (exact) mass is 493 g/mol. The Kier molecular flexibility index (Phi) is 7.87. The average molecular weight is 494 g/mol. The molecule has 35 heavy (non-hydrogen) atoms. The molecule has 3 aromatic rings. The lowest BCUT2D eigenvalue weighted by atomic mass is 9.95. The molecule has 1 aliphatic heterocycles. The number of rotatable bonds is 10. The number of aliphatic hydroxyl groups is 1. The summed E-state index contributed by atoms with van der Waals surface area (Å²) in [6.07, 6.45) is 7.81. The normalized spacial score (nSPS) is 17.2. The average Bonchev–Trinajstić information content (AvgIpc) is 3.47. The van der Waals surface area contributed by atoms with Crippen LogP contribution in [0.2, 0.25) is 5.02 Å². The Morgan fingerprint density at radius 1 is 1.11 bits per heavy atom. The Morgan fingerprint density at radius 3 is 2.63 bits per heavy atom. The van der Waals surface area contributed by atoms with Gasteiger partial charge in [0.05, 0.1) is 24.5 Å². The first-order chi connectivity index (χ1) is 17.0. The number of likely N-dealkylation sites (tertiary alicyclic amines) is 1. The summed E-state index contributed by atoms with van der Waals surface area (Å²) in [7, 11) is 0. The third-order valence-electron chi connectivity index (χ3n) is 5.97. The Morgan fingerprint density at radius 2 is 1.91 bits per heavy atom. The van der Waals surface area contributed by atoms with Crippen molar-refractivity contribution in [1.82, 2.24) is 14.5 Å². The van der Waals surface area contributed by atoms with Crippen LogP contribution in [0.5, 0.6) is 5.75 Å². The number of unbranched alkanes of at least 4 members (excludes halogenated alkanes) is 1. The van der Waals surface area contributed by atoms with E-state index in [-0.39, 0.29) is 11.3 Å². The molecule has 1 N–H and O–H groups in total. The minimum absolute atomic E-state index is 0.0608. The van der Waals surface area contributed by atoms with Crippen LogP contribution in [0.15, 0.2) is 72.8 Å². The Hall–Kier alpha value is -3.58. The van der Waals surface area contributed by atoms with Crippen molar-refractivity contribution in [3.63, 3.8) is 0 Å².